The molecule has 1 aromatic carbocycles. The molecule has 0 spiro atoms. The molecular weight excluding hydrogens is 296 g/mol. The summed E-state index contributed by atoms with van der Waals surface area (Å²) < 4.78 is 0. The lowest BCUT2D eigenvalue weighted by Gasteiger charge is -2.30. The van der Waals surface area contributed by atoms with Crippen LogP contribution in [0.1, 0.15) is 61.4 Å². The summed E-state index contributed by atoms with van der Waals surface area (Å²) in [6.45, 7) is 5.77. The van der Waals surface area contributed by atoms with Gasteiger partial charge in [-0.2, -0.15) is 0 Å². The lowest BCUT2D eigenvalue weighted by molar-refractivity contribution is 0.0923. The van der Waals surface area contributed by atoms with E-state index in [1.165, 1.54) is 57.2 Å². The van der Waals surface area contributed by atoms with Crippen molar-refractivity contribution in [2.45, 2.75) is 58.0 Å². The van der Waals surface area contributed by atoms with Crippen LogP contribution in [0, 0.1) is 17.8 Å². The van der Waals surface area contributed by atoms with Crippen molar-refractivity contribution < 1.29 is 4.79 Å². The van der Waals surface area contributed by atoms with Crippen molar-refractivity contribution in [1.29, 1.82) is 0 Å². The van der Waals surface area contributed by atoms with Crippen LogP contribution < -0.4 is 5.32 Å². The number of benzene rings is 1. The zero-order valence-electron chi connectivity index (χ0n) is 14.8. The number of fused-ring (bicyclic) bond motifs is 2. The molecule has 1 heterocycles. The summed E-state index contributed by atoms with van der Waals surface area (Å²) in [5.74, 6) is 2.60. The Balaban J connectivity index is 1.31. The SMILES string of the molecule is CC1CCN(Cc2ccc(C(=O)N[C@@H]3C[C@H]4CC[C@H]3C4)cc2)CC1. The summed E-state index contributed by atoms with van der Waals surface area (Å²) >= 11 is 0. The van der Waals surface area contributed by atoms with Crippen LogP contribution in [-0.2, 0) is 6.54 Å². The summed E-state index contributed by atoms with van der Waals surface area (Å²) in [7, 11) is 0. The molecule has 1 aliphatic heterocycles. The number of nitrogens with one attached hydrogen (secondary N) is 1. The molecule has 3 heteroatoms. The Labute approximate surface area is 145 Å². The summed E-state index contributed by atoms with van der Waals surface area (Å²) in [5.41, 5.74) is 2.13. The smallest absolute Gasteiger partial charge is 0.251 e. The van der Waals surface area contributed by atoms with E-state index in [0.29, 0.717) is 6.04 Å². The first-order valence-electron chi connectivity index (χ1n) is 9.79. The molecule has 24 heavy (non-hydrogen) atoms. The topological polar surface area (TPSA) is 32.3 Å². The van der Waals surface area contributed by atoms with E-state index in [4.69, 9.17) is 0 Å². The molecule has 1 amide bonds. The lowest BCUT2D eigenvalue weighted by Crippen LogP contribution is -2.38. The minimum atomic E-state index is 0.117. The third-order valence-corrected chi connectivity index (χ3v) is 6.55. The fourth-order valence-corrected chi connectivity index (χ4v) is 4.91. The summed E-state index contributed by atoms with van der Waals surface area (Å²) in [4.78, 5) is 15.0. The Morgan fingerprint density at radius 2 is 1.83 bits per heavy atom. The molecule has 2 saturated carbocycles. The van der Waals surface area contributed by atoms with E-state index >= 15 is 0 Å². The van der Waals surface area contributed by atoms with Crippen molar-refractivity contribution in [3.8, 4) is 0 Å². The molecule has 0 radical (unpaired) electrons. The standard InChI is InChI=1S/C21H30N2O/c1-15-8-10-23(11-9-15)14-16-2-5-18(6-3-16)21(24)22-20-13-17-4-7-19(20)12-17/h2-3,5-6,15,17,19-20H,4,7-14H2,1H3,(H,22,24)/t17-,19-,20+/m0/s1. The molecule has 130 valence electrons. The van der Waals surface area contributed by atoms with Gasteiger partial charge in [-0.15, -0.1) is 0 Å². The minimum absolute atomic E-state index is 0.117. The average molecular weight is 326 g/mol. The van der Waals surface area contributed by atoms with Gasteiger partial charge in [-0.25, -0.2) is 0 Å². The number of amides is 1. The minimum Gasteiger partial charge on any atom is -0.349 e. The van der Waals surface area contributed by atoms with E-state index in [2.05, 4.69) is 29.3 Å². The van der Waals surface area contributed by atoms with Crippen molar-refractivity contribution in [3.05, 3.63) is 35.4 Å². The first kappa shape index (κ1) is 16.1. The van der Waals surface area contributed by atoms with Gasteiger partial charge in [0.05, 0.1) is 0 Å². The van der Waals surface area contributed by atoms with Crippen LogP contribution in [0.25, 0.3) is 0 Å². The molecule has 4 rings (SSSR count). The van der Waals surface area contributed by atoms with Crippen molar-refractivity contribution in [2.24, 2.45) is 17.8 Å². The third-order valence-electron chi connectivity index (χ3n) is 6.55. The van der Waals surface area contributed by atoms with E-state index in [1.807, 2.05) is 12.1 Å². The number of carbonyl (C=O) groups excluding carboxylic acids is 1. The lowest BCUT2D eigenvalue weighted by atomic mass is 9.95. The fraction of sp³-hybridized carbons (Fsp3) is 0.667. The number of hydrogen-bond acceptors (Lipinski definition) is 2. The quantitative estimate of drug-likeness (QED) is 0.912. The van der Waals surface area contributed by atoms with Gasteiger partial charge in [0.2, 0.25) is 0 Å². The van der Waals surface area contributed by atoms with E-state index < -0.39 is 0 Å². The van der Waals surface area contributed by atoms with Crippen molar-refractivity contribution in [3.63, 3.8) is 0 Å². The van der Waals surface area contributed by atoms with Crippen molar-refractivity contribution in [2.75, 3.05) is 13.1 Å². The van der Waals surface area contributed by atoms with Gasteiger partial charge in [-0.1, -0.05) is 25.5 Å². The van der Waals surface area contributed by atoms with E-state index in [1.54, 1.807) is 0 Å². The van der Waals surface area contributed by atoms with Gasteiger partial charge < -0.3 is 5.32 Å². The highest BCUT2D eigenvalue weighted by Crippen LogP contribution is 2.44. The summed E-state index contributed by atoms with van der Waals surface area (Å²) in [6.07, 6.45) is 7.83. The van der Waals surface area contributed by atoms with Crippen LogP contribution in [-0.4, -0.2) is 29.9 Å². The average Bonchev–Trinajstić information content (AvgIpc) is 3.20. The Kier molecular flexibility index (Phi) is 4.62. The zero-order valence-corrected chi connectivity index (χ0v) is 14.8. The maximum Gasteiger partial charge on any atom is 0.251 e. The Hall–Kier alpha value is -1.35. The number of nitrogens with zero attached hydrogens (tertiary/aromatic N) is 1. The first-order chi connectivity index (χ1) is 11.7. The largest absolute Gasteiger partial charge is 0.349 e. The number of likely N-dealkylation sites (tertiary alicyclic amines) is 1. The van der Waals surface area contributed by atoms with Crippen LogP contribution in [0.5, 0.6) is 0 Å². The highest BCUT2D eigenvalue weighted by molar-refractivity contribution is 5.94. The third kappa shape index (κ3) is 3.51. The van der Waals surface area contributed by atoms with Gasteiger partial charge in [0, 0.05) is 18.2 Å². The maximum atomic E-state index is 12.5. The number of rotatable bonds is 4. The van der Waals surface area contributed by atoms with Crippen LogP contribution >= 0.6 is 0 Å². The van der Waals surface area contributed by atoms with Crippen molar-refractivity contribution >= 4 is 5.91 Å². The fourth-order valence-electron chi connectivity index (χ4n) is 4.91. The van der Waals surface area contributed by atoms with E-state index in [9.17, 15) is 4.79 Å². The molecule has 0 aromatic heterocycles. The predicted octanol–water partition coefficient (Wildman–Crippen LogP) is 3.84. The summed E-state index contributed by atoms with van der Waals surface area (Å²) in [6, 6.07) is 8.70. The molecule has 3 atom stereocenters. The van der Waals surface area contributed by atoms with Crippen LogP contribution in [0.4, 0.5) is 0 Å². The van der Waals surface area contributed by atoms with Gasteiger partial charge in [0.25, 0.3) is 5.91 Å². The predicted molar refractivity (Wildman–Crippen MR) is 96.8 cm³/mol. The molecule has 3 aliphatic rings. The van der Waals surface area contributed by atoms with Crippen LogP contribution in [0.3, 0.4) is 0 Å². The van der Waals surface area contributed by atoms with E-state index in [-0.39, 0.29) is 5.91 Å². The molecule has 1 N–H and O–H groups in total. The normalized spacial score (nSPS) is 30.6. The van der Waals surface area contributed by atoms with Gasteiger partial charge >= 0.3 is 0 Å². The van der Waals surface area contributed by atoms with Gasteiger partial charge in [-0.05, 0) is 80.6 Å². The first-order valence-corrected chi connectivity index (χ1v) is 9.79. The van der Waals surface area contributed by atoms with Gasteiger partial charge in [0.15, 0.2) is 0 Å². The number of piperidine rings is 1. The second-order valence-corrected chi connectivity index (χ2v) is 8.41. The number of carbonyl (C=O) groups is 1. The van der Waals surface area contributed by atoms with Crippen LogP contribution in [0.15, 0.2) is 24.3 Å². The zero-order chi connectivity index (χ0) is 16.5. The summed E-state index contributed by atoms with van der Waals surface area (Å²) in [5, 5.41) is 3.28. The van der Waals surface area contributed by atoms with Gasteiger partial charge in [0.1, 0.15) is 0 Å². The second-order valence-electron chi connectivity index (χ2n) is 8.41. The second kappa shape index (κ2) is 6.87. The Morgan fingerprint density at radius 1 is 1.08 bits per heavy atom. The molecule has 1 saturated heterocycles. The monoisotopic (exact) mass is 326 g/mol. The number of hydrogen-bond donors (Lipinski definition) is 1. The molecule has 0 unspecified atom stereocenters. The molecule has 2 aliphatic carbocycles. The molecule has 1 aromatic rings. The highest BCUT2D eigenvalue weighted by atomic mass is 16.1. The van der Waals surface area contributed by atoms with E-state index in [0.717, 1.165) is 29.9 Å². The van der Waals surface area contributed by atoms with Crippen LogP contribution in [0.2, 0.25) is 0 Å². The highest BCUT2D eigenvalue weighted by Gasteiger charge is 2.40. The molecular formula is C21H30N2O. The Morgan fingerprint density at radius 3 is 2.46 bits per heavy atom. The molecule has 3 nitrogen and oxygen atoms in total. The Bertz CT molecular complexity index is 574. The maximum absolute atomic E-state index is 12.5. The van der Waals surface area contributed by atoms with Gasteiger partial charge in [-0.3, -0.25) is 9.69 Å². The van der Waals surface area contributed by atoms with Crippen molar-refractivity contribution in [1.82, 2.24) is 10.2 Å². The molecule has 2 bridgehead atoms. The molecule has 3 fully saturated rings.